The Morgan fingerprint density at radius 3 is 1.07 bits per heavy atom. The molecule has 0 amide bonds. The van der Waals surface area contributed by atoms with E-state index in [2.05, 4.69) is 68.4 Å². The van der Waals surface area contributed by atoms with Gasteiger partial charge in [-0.1, -0.05) is 80.7 Å². The molecule has 0 aromatic heterocycles. The molecule has 0 spiro atoms. The predicted molar refractivity (Wildman–Crippen MR) is 198 cm³/mol. The van der Waals surface area contributed by atoms with Gasteiger partial charge >= 0.3 is 84.0 Å². The number of esters is 2. The topological polar surface area (TPSA) is 52.6 Å². The lowest BCUT2D eigenvalue weighted by molar-refractivity contribution is -0.414. The molecule has 0 saturated heterocycles. The highest BCUT2D eigenvalue weighted by atomic mass is 19.4. The molecular formula is C40H52F24O4. The highest BCUT2D eigenvalue weighted by Gasteiger charge is 2.89. The summed E-state index contributed by atoms with van der Waals surface area (Å²) in [6.07, 6.45) is -12.7. The number of hydrogen-bond donors (Lipinski definition) is 0. The minimum Gasteiger partial charge on any atom is -0.459 e. The number of alkyl halides is 24. The summed E-state index contributed by atoms with van der Waals surface area (Å²) in [5, 5.41) is 0. The fourth-order valence-corrected chi connectivity index (χ4v) is 5.35. The van der Waals surface area contributed by atoms with Gasteiger partial charge in [-0.3, -0.25) is 9.59 Å². The zero-order valence-electron chi connectivity index (χ0n) is 35.8. The van der Waals surface area contributed by atoms with Crippen molar-refractivity contribution in [3.63, 3.8) is 0 Å². The second-order valence-electron chi connectivity index (χ2n) is 17.0. The van der Waals surface area contributed by atoms with Crippen molar-refractivity contribution >= 4 is 11.9 Å². The third-order valence-corrected chi connectivity index (χ3v) is 10.3. The number of halogens is 24. The maximum Gasteiger partial charge on any atom is 0.384 e. The molecule has 1 aromatic carbocycles. The van der Waals surface area contributed by atoms with E-state index < -0.39 is 121 Å². The molecule has 1 rings (SSSR count). The summed E-state index contributed by atoms with van der Waals surface area (Å²) in [5.74, 6) is -79.6. The summed E-state index contributed by atoms with van der Waals surface area (Å²) < 4.78 is 328. The van der Waals surface area contributed by atoms with Crippen molar-refractivity contribution in [2.75, 3.05) is 13.2 Å². The van der Waals surface area contributed by atoms with Gasteiger partial charge in [0.05, 0.1) is 10.8 Å². The van der Waals surface area contributed by atoms with Gasteiger partial charge < -0.3 is 9.47 Å². The van der Waals surface area contributed by atoms with E-state index in [-0.39, 0.29) is 20.3 Å². The van der Waals surface area contributed by atoms with E-state index >= 15 is 0 Å². The SMILES string of the molecule is C.C.CCC(C)(CC(C)(C)C(=O)OCC(F)(F)C(F)(F)C(F)(F)C(F)(F)C(F)(F)C(F)F)C(=O)OCC(F)(F)C(F)(F)C(F)(F)C(F)(F)C(F)(F)C(F)F.CCC(C)c1ccc(C(C)(C)C)cc1. The fraction of sp³-hybridized carbons (Fsp3) is 0.800. The molecule has 0 aliphatic carbocycles. The Labute approximate surface area is 375 Å². The van der Waals surface area contributed by atoms with Gasteiger partial charge in [0.25, 0.3) is 0 Å². The van der Waals surface area contributed by atoms with Crippen molar-refractivity contribution in [3.05, 3.63) is 35.4 Å². The van der Waals surface area contributed by atoms with E-state index in [0.717, 1.165) is 6.92 Å². The van der Waals surface area contributed by atoms with E-state index in [1.54, 1.807) is 0 Å². The van der Waals surface area contributed by atoms with E-state index in [4.69, 9.17) is 0 Å². The molecule has 0 fully saturated rings. The monoisotopic (exact) mass is 1050 g/mol. The molecule has 0 aliphatic rings. The van der Waals surface area contributed by atoms with Gasteiger partial charge in [-0.15, -0.1) is 0 Å². The predicted octanol–water partition coefficient (Wildman–Crippen LogP) is 15.6. The normalized spacial score (nSPS) is 15.6. The first kappa shape index (κ1) is 68.7. The van der Waals surface area contributed by atoms with Gasteiger partial charge in [0.1, 0.15) is 0 Å². The van der Waals surface area contributed by atoms with Crippen molar-refractivity contribution in [2.24, 2.45) is 10.8 Å². The van der Waals surface area contributed by atoms with Crippen LogP contribution in [0.3, 0.4) is 0 Å². The Hall–Kier alpha value is -3.52. The number of carbonyl (C=O) groups excluding carboxylic acids is 2. The molecular weight excluding hydrogens is 1000 g/mol. The van der Waals surface area contributed by atoms with Crippen molar-refractivity contribution < 1.29 is 124 Å². The van der Waals surface area contributed by atoms with Crippen molar-refractivity contribution in [2.45, 2.75) is 180 Å². The van der Waals surface area contributed by atoms with Gasteiger partial charge in [0.2, 0.25) is 0 Å². The van der Waals surface area contributed by atoms with Gasteiger partial charge in [0, 0.05) is 0 Å². The zero-order valence-corrected chi connectivity index (χ0v) is 35.8. The maximum atomic E-state index is 14.0. The third kappa shape index (κ3) is 12.9. The van der Waals surface area contributed by atoms with Gasteiger partial charge in [-0.25, -0.2) is 17.6 Å². The van der Waals surface area contributed by atoms with Gasteiger partial charge in [-0.05, 0) is 62.5 Å². The minimum atomic E-state index is -8.02. The van der Waals surface area contributed by atoms with Crippen LogP contribution >= 0.6 is 0 Å². The van der Waals surface area contributed by atoms with Crippen LogP contribution in [0.15, 0.2) is 24.3 Å². The van der Waals surface area contributed by atoms with Crippen molar-refractivity contribution in [1.29, 1.82) is 0 Å². The Morgan fingerprint density at radius 2 is 0.809 bits per heavy atom. The van der Waals surface area contributed by atoms with Crippen LogP contribution in [0.1, 0.15) is 113 Å². The van der Waals surface area contributed by atoms with Crippen LogP contribution in [-0.4, -0.2) is 97.2 Å². The standard InChI is InChI=1S/C24H22F24O4.C14H22.2CH4/c1-5-14(4,12(50)52-8-16(31,32)20(39,40)24(47,48)22(43,44)18(35,36)10(27)28)6-13(2,3)11(49)51-7-15(29,30)19(37,38)23(45,46)21(41,42)17(33,34)9(25)26;1-6-11(2)12-7-9-13(10-8-12)14(3,4)5;;/h9-10H,5-8H2,1-4H3;7-11H,6H2,1-5H3;2*1H4. The molecule has 1 aromatic rings. The lowest BCUT2D eigenvalue weighted by atomic mass is 9.72. The minimum absolute atomic E-state index is 0. The fourth-order valence-electron chi connectivity index (χ4n) is 5.35. The quantitative estimate of drug-likeness (QED) is 0.0909. The van der Waals surface area contributed by atoms with Crippen LogP contribution in [0, 0.1) is 10.8 Å². The van der Waals surface area contributed by atoms with Crippen molar-refractivity contribution in [1.82, 2.24) is 0 Å². The molecule has 0 heterocycles. The largest absolute Gasteiger partial charge is 0.459 e. The van der Waals surface area contributed by atoms with Crippen molar-refractivity contribution in [3.8, 4) is 0 Å². The van der Waals surface area contributed by atoms with Gasteiger partial charge in [-0.2, -0.15) is 87.8 Å². The van der Waals surface area contributed by atoms with Crippen LogP contribution < -0.4 is 0 Å². The first-order valence-electron chi connectivity index (χ1n) is 18.7. The van der Waals surface area contributed by atoms with E-state index in [0.29, 0.717) is 26.7 Å². The molecule has 28 heteroatoms. The smallest absolute Gasteiger partial charge is 0.384 e. The highest BCUT2D eigenvalue weighted by Crippen LogP contribution is 2.60. The number of benzene rings is 1. The molecule has 4 nitrogen and oxygen atoms in total. The Balaban J connectivity index is -0.00000224. The summed E-state index contributed by atoms with van der Waals surface area (Å²) in [5.41, 5.74) is -2.24. The third-order valence-electron chi connectivity index (χ3n) is 10.3. The van der Waals surface area contributed by atoms with Gasteiger partial charge in [0.15, 0.2) is 13.2 Å². The summed E-state index contributed by atoms with van der Waals surface area (Å²) in [6.45, 7) is 6.63. The summed E-state index contributed by atoms with van der Waals surface area (Å²) in [4.78, 5) is 24.8. The molecule has 0 bridgehead atoms. The van der Waals surface area contributed by atoms with Crippen LogP contribution in [0.25, 0.3) is 0 Å². The summed E-state index contributed by atoms with van der Waals surface area (Å²) in [7, 11) is 0. The molecule has 68 heavy (non-hydrogen) atoms. The number of ether oxygens (including phenoxy) is 2. The average molecular weight is 1050 g/mol. The molecule has 404 valence electrons. The molecule has 2 unspecified atom stereocenters. The Bertz CT molecular complexity index is 1770. The number of rotatable bonds is 21. The molecule has 0 radical (unpaired) electrons. The van der Waals surface area contributed by atoms with E-state index in [1.807, 2.05) is 0 Å². The Kier molecular flexibility index (Phi) is 22.1. The van der Waals surface area contributed by atoms with Crippen LogP contribution in [-0.2, 0) is 24.5 Å². The first-order valence-corrected chi connectivity index (χ1v) is 18.7. The van der Waals surface area contributed by atoms with Crippen LogP contribution in [0.4, 0.5) is 105 Å². The second kappa shape index (κ2) is 21.9. The summed E-state index contributed by atoms with van der Waals surface area (Å²) in [6, 6.07) is 9.08. The highest BCUT2D eigenvalue weighted by molar-refractivity contribution is 5.80. The molecule has 0 N–H and O–H groups in total. The molecule has 0 aliphatic heterocycles. The number of carbonyl (C=O) groups is 2. The second-order valence-corrected chi connectivity index (χ2v) is 17.0. The molecule has 0 saturated carbocycles. The lowest BCUT2D eigenvalue weighted by Gasteiger charge is -2.39. The summed E-state index contributed by atoms with van der Waals surface area (Å²) >= 11 is 0. The zero-order chi connectivity index (χ0) is 53.3. The molecule has 2 atom stereocenters. The lowest BCUT2D eigenvalue weighted by Crippen LogP contribution is -2.69. The average Bonchev–Trinajstić information content (AvgIpc) is 3.17. The van der Waals surface area contributed by atoms with E-state index in [1.165, 1.54) is 17.5 Å². The van der Waals surface area contributed by atoms with Crippen LogP contribution in [0.2, 0.25) is 0 Å². The van der Waals surface area contributed by atoms with E-state index in [9.17, 15) is 115 Å². The Morgan fingerprint density at radius 1 is 0.500 bits per heavy atom. The first-order chi connectivity index (χ1) is 28.9. The number of hydrogen-bond acceptors (Lipinski definition) is 4. The maximum absolute atomic E-state index is 14.0. The van der Waals surface area contributed by atoms with Crippen LogP contribution in [0.5, 0.6) is 0 Å².